The number of carbonyl (C=O) groups excluding carboxylic acids is 2. The Morgan fingerprint density at radius 2 is 1.84 bits per heavy atom. The lowest BCUT2D eigenvalue weighted by Gasteiger charge is -2.34. The summed E-state index contributed by atoms with van der Waals surface area (Å²) in [5, 5.41) is 10.6. The fraction of sp³-hybridized carbons (Fsp3) is 0.280. The van der Waals surface area contributed by atoms with Gasteiger partial charge in [0.05, 0.1) is 10.5 Å². The molecule has 4 aromatic rings. The fourth-order valence-electron chi connectivity index (χ4n) is 4.30. The molecule has 38 heavy (non-hydrogen) atoms. The number of aryl methyl sites for hydroxylation is 1. The normalized spacial score (nSPS) is 14.5. The Hall–Kier alpha value is -3.81. The average Bonchev–Trinajstić information content (AvgIpc) is 3.51. The van der Waals surface area contributed by atoms with Crippen LogP contribution in [0.5, 0.6) is 0 Å². The number of fused-ring (bicyclic) bond motifs is 1. The molecule has 13 heteroatoms. The molecule has 5 rings (SSSR count). The van der Waals surface area contributed by atoms with E-state index in [1.165, 1.54) is 27.8 Å². The molecular weight excluding hydrogens is 528 g/mol. The van der Waals surface area contributed by atoms with Crippen molar-refractivity contribution in [2.45, 2.75) is 18.7 Å². The summed E-state index contributed by atoms with van der Waals surface area (Å²) in [4.78, 5) is 31.8. The summed E-state index contributed by atoms with van der Waals surface area (Å²) in [5.41, 5.74) is 0.949. The summed E-state index contributed by atoms with van der Waals surface area (Å²) in [6, 6.07) is 13.5. The van der Waals surface area contributed by atoms with Crippen molar-refractivity contribution in [3.63, 3.8) is 0 Å². The summed E-state index contributed by atoms with van der Waals surface area (Å²) in [6.45, 7) is 4.64. The van der Waals surface area contributed by atoms with Gasteiger partial charge in [-0.2, -0.15) is 9.29 Å². The SMILES string of the molecule is CCNC(=O)Nc1sc2ccccc2c1C(=O)N1CCN(S(=O)(=O)c2cccc(-c3noc(C)n3)c2)CC1. The summed E-state index contributed by atoms with van der Waals surface area (Å²) in [6.07, 6.45) is 0. The van der Waals surface area contributed by atoms with Gasteiger partial charge in [0.15, 0.2) is 0 Å². The number of aromatic nitrogens is 2. The lowest BCUT2D eigenvalue weighted by Crippen LogP contribution is -2.50. The first-order valence-corrected chi connectivity index (χ1v) is 14.3. The second kappa shape index (κ2) is 10.5. The largest absolute Gasteiger partial charge is 0.339 e. The highest BCUT2D eigenvalue weighted by Gasteiger charge is 2.32. The van der Waals surface area contributed by atoms with Crippen LogP contribution in [-0.2, 0) is 10.0 Å². The van der Waals surface area contributed by atoms with Gasteiger partial charge < -0.3 is 14.7 Å². The van der Waals surface area contributed by atoms with Gasteiger partial charge in [-0.05, 0) is 25.1 Å². The molecule has 0 radical (unpaired) electrons. The van der Waals surface area contributed by atoms with Gasteiger partial charge in [-0.25, -0.2) is 13.2 Å². The van der Waals surface area contributed by atoms with E-state index in [1.807, 2.05) is 31.2 Å². The highest BCUT2D eigenvalue weighted by Crippen LogP contribution is 2.37. The third kappa shape index (κ3) is 4.99. The number of anilines is 1. The molecule has 1 saturated heterocycles. The number of rotatable bonds is 6. The number of thiophene rings is 1. The number of piperazine rings is 1. The quantitative estimate of drug-likeness (QED) is 0.372. The second-order valence-corrected chi connectivity index (χ2v) is 11.6. The molecule has 0 spiro atoms. The first-order valence-electron chi connectivity index (χ1n) is 12.0. The van der Waals surface area contributed by atoms with E-state index >= 15 is 0 Å². The van der Waals surface area contributed by atoms with Crippen LogP contribution in [0.2, 0.25) is 0 Å². The van der Waals surface area contributed by atoms with Crippen LogP contribution in [0.15, 0.2) is 57.9 Å². The maximum Gasteiger partial charge on any atom is 0.319 e. The molecule has 2 aromatic heterocycles. The van der Waals surface area contributed by atoms with Gasteiger partial charge in [0.25, 0.3) is 5.91 Å². The van der Waals surface area contributed by atoms with E-state index in [-0.39, 0.29) is 43.0 Å². The fourth-order valence-corrected chi connectivity index (χ4v) is 6.86. The third-order valence-electron chi connectivity index (χ3n) is 6.16. The molecule has 2 aromatic carbocycles. The number of hydrogen-bond donors (Lipinski definition) is 2. The summed E-state index contributed by atoms with van der Waals surface area (Å²) in [5.74, 6) is 0.451. The number of amides is 3. The Labute approximate surface area is 223 Å². The first-order chi connectivity index (χ1) is 18.3. The highest BCUT2D eigenvalue weighted by molar-refractivity contribution is 7.89. The molecule has 0 saturated carbocycles. The summed E-state index contributed by atoms with van der Waals surface area (Å²) < 4.78 is 34.1. The van der Waals surface area contributed by atoms with E-state index in [0.29, 0.717) is 34.4 Å². The molecule has 1 fully saturated rings. The van der Waals surface area contributed by atoms with Crippen molar-refractivity contribution < 1.29 is 22.5 Å². The van der Waals surface area contributed by atoms with E-state index < -0.39 is 10.0 Å². The molecule has 1 aliphatic rings. The summed E-state index contributed by atoms with van der Waals surface area (Å²) in [7, 11) is -3.81. The molecule has 198 valence electrons. The topological polar surface area (TPSA) is 138 Å². The third-order valence-corrected chi connectivity index (χ3v) is 9.14. The number of hydrogen-bond acceptors (Lipinski definition) is 8. The van der Waals surface area contributed by atoms with Gasteiger partial charge in [-0.3, -0.25) is 10.1 Å². The lowest BCUT2D eigenvalue weighted by atomic mass is 10.1. The van der Waals surface area contributed by atoms with E-state index in [1.54, 1.807) is 24.0 Å². The Morgan fingerprint density at radius 3 is 2.55 bits per heavy atom. The second-order valence-electron chi connectivity index (χ2n) is 8.65. The van der Waals surface area contributed by atoms with Gasteiger partial charge in [-0.15, -0.1) is 11.3 Å². The van der Waals surface area contributed by atoms with Crippen molar-refractivity contribution in [1.82, 2.24) is 24.7 Å². The molecule has 0 unspecified atom stereocenters. The molecule has 3 heterocycles. The van der Waals surface area contributed by atoms with Crippen molar-refractivity contribution in [3.05, 3.63) is 60.0 Å². The standard InChI is InChI=1S/C25H26N6O5S2/c1-3-26-25(33)28-23-21(19-9-4-5-10-20(19)37-23)24(32)30-11-13-31(14-12-30)38(34,35)18-8-6-7-17(15-18)22-27-16(2)36-29-22/h4-10,15H,3,11-14H2,1-2H3,(H2,26,28,33). The van der Waals surface area contributed by atoms with Crippen molar-refractivity contribution in [2.75, 3.05) is 38.0 Å². The van der Waals surface area contributed by atoms with E-state index in [2.05, 4.69) is 20.8 Å². The van der Waals surface area contributed by atoms with Crippen LogP contribution < -0.4 is 10.6 Å². The van der Waals surface area contributed by atoms with Gasteiger partial charge in [0.1, 0.15) is 5.00 Å². The van der Waals surface area contributed by atoms with Crippen LogP contribution in [0.4, 0.5) is 9.80 Å². The number of carbonyl (C=O) groups is 2. The Bertz CT molecular complexity index is 1610. The predicted octanol–water partition coefficient (Wildman–Crippen LogP) is 3.55. The number of benzene rings is 2. The predicted molar refractivity (Wildman–Crippen MR) is 144 cm³/mol. The summed E-state index contributed by atoms with van der Waals surface area (Å²) >= 11 is 1.33. The Morgan fingerprint density at radius 1 is 1.08 bits per heavy atom. The van der Waals surface area contributed by atoms with Crippen LogP contribution >= 0.6 is 11.3 Å². The smallest absolute Gasteiger partial charge is 0.319 e. The molecule has 0 aliphatic carbocycles. The van der Waals surface area contributed by atoms with Crippen molar-refractivity contribution in [3.8, 4) is 11.4 Å². The van der Waals surface area contributed by atoms with Crippen molar-refractivity contribution >= 4 is 48.4 Å². The Kier molecular flexibility index (Phi) is 7.15. The number of urea groups is 1. The maximum absolute atomic E-state index is 13.6. The maximum atomic E-state index is 13.6. The van der Waals surface area contributed by atoms with Crippen LogP contribution in [0.3, 0.4) is 0 Å². The van der Waals surface area contributed by atoms with Gasteiger partial charge in [-0.1, -0.05) is 35.5 Å². The minimum absolute atomic E-state index is 0.120. The van der Waals surface area contributed by atoms with Gasteiger partial charge in [0, 0.05) is 55.3 Å². The van der Waals surface area contributed by atoms with Crippen molar-refractivity contribution in [2.24, 2.45) is 0 Å². The molecule has 2 N–H and O–H groups in total. The zero-order chi connectivity index (χ0) is 26.9. The van der Waals surface area contributed by atoms with Crippen LogP contribution in [-0.4, -0.2) is 72.4 Å². The number of sulfonamides is 1. The minimum Gasteiger partial charge on any atom is -0.339 e. The monoisotopic (exact) mass is 554 g/mol. The molecule has 3 amide bonds. The molecule has 0 bridgehead atoms. The average molecular weight is 555 g/mol. The van der Waals surface area contributed by atoms with Gasteiger partial charge in [0.2, 0.25) is 21.7 Å². The first kappa shape index (κ1) is 25.8. The zero-order valence-corrected chi connectivity index (χ0v) is 22.4. The number of nitrogens with zero attached hydrogens (tertiary/aromatic N) is 4. The lowest BCUT2D eigenvalue weighted by molar-refractivity contribution is 0.0701. The molecule has 1 aliphatic heterocycles. The number of nitrogens with one attached hydrogen (secondary N) is 2. The molecule has 11 nitrogen and oxygen atoms in total. The van der Waals surface area contributed by atoms with Crippen LogP contribution in [0.1, 0.15) is 23.2 Å². The Balaban J connectivity index is 1.34. The highest BCUT2D eigenvalue weighted by atomic mass is 32.2. The van der Waals surface area contributed by atoms with Crippen LogP contribution in [0.25, 0.3) is 21.5 Å². The van der Waals surface area contributed by atoms with E-state index in [9.17, 15) is 18.0 Å². The van der Waals surface area contributed by atoms with Crippen LogP contribution in [0, 0.1) is 6.92 Å². The van der Waals surface area contributed by atoms with Crippen molar-refractivity contribution in [1.29, 1.82) is 0 Å². The van der Waals surface area contributed by atoms with E-state index in [0.717, 1.165) is 10.1 Å². The molecule has 0 atom stereocenters. The molecular formula is C25H26N6O5S2. The van der Waals surface area contributed by atoms with Gasteiger partial charge >= 0.3 is 6.03 Å². The van der Waals surface area contributed by atoms with E-state index in [4.69, 9.17) is 4.52 Å². The zero-order valence-electron chi connectivity index (χ0n) is 20.8. The minimum atomic E-state index is -3.81.